The third-order valence-electron chi connectivity index (χ3n) is 2.37. The van der Waals surface area contributed by atoms with Crippen molar-refractivity contribution in [3.8, 4) is 11.5 Å². The SMILES string of the molecule is COc1cc(C=O)ccc1OCc1ccc[nH]1. The highest BCUT2D eigenvalue weighted by atomic mass is 16.5. The molecule has 0 aliphatic carbocycles. The van der Waals surface area contributed by atoms with Crippen molar-refractivity contribution in [3.63, 3.8) is 0 Å². The van der Waals surface area contributed by atoms with Gasteiger partial charge in [-0.05, 0) is 30.3 Å². The second kappa shape index (κ2) is 5.21. The Hall–Kier alpha value is -2.23. The summed E-state index contributed by atoms with van der Waals surface area (Å²) in [5.41, 5.74) is 1.54. The predicted molar refractivity (Wildman–Crippen MR) is 63.5 cm³/mol. The van der Waals surface area contributed by atoms with Crippen molar-refractivity contribution < 1.29 is 14.3 Å². The standard InChI is InChI=1S/C13H13NO3/c1-16-13-7-10(8-15)4-5-12(13)17-9-11-3-2-6-14-11/h2-8,14H,9H2,1H3. The van der Waals surface area contributed by atoms with Crippen molar-refractivity contribution in [2.24, 2.45) is 0 Å². The molecule has 1 aromatic heterocycles. The molecule has 0 spiro atoms. The van der Waals surface area contributed by atoms with E-state index in [9.17, 15) is 4.79 Å². The van der Waals surface area contributed by atoms with Crippen LogP contribution in [0.15, 0.2) is 36.5 Å². The van der Waals surface area contributed by atoms with Crippen LogP contribution in [0.1, 0.15) is 16.1 Å². The summed E-state index contributed by atoms with van der Waals surface area (Å²) >= 11 is 0. The van der Waals surface area contributed by atoms with E-state index < -0.39 is 0 Å². The van der Waals surface area contributed by atoms with Crippen molar-refractivity contribution >= 4 is 6.29 Å². The first-order valence-corrected chi connectivity index (χ1v) is 5.22. The van der Waals surface area contributed by atoms with Gasteiger partial charge in [0.2, 0.25) is 0 Å². The fourth-order valence-electron chi connectivity index (χ4n) is 1.49. The molecule has 2 rings (SSSR count). The zero-order valence-corrected chi connectivity index (χ0v) is 9.47. The first-order valence-electron chi connectivity index (χ1n) is 5.22. The van der Waals surface area contributed by atoms with E-state index in [1.807, 2.05) is 18.3 Å². The van der Waals surface area contributed by atoms with Crippen LogP contribution in [0.25, 0.3) is 0 Å². The van der Waals surface area contributed by atoms with Crippen molar-refractivity contribution in [3.05, 3.63) is 47.8 Å². The van der Waals surface area contributed by atoms with Crippen molar-refractivity contribution in [1.82, 2.24) is 4.98 Å². The fourth-order valence-corrected chi connectivity index (χ4v) is 1.49. The van der Waals surface area contributed by atoms with Crippen LogP contribution in [0.4, 0.5) is 0 Å². The third-order valence-corrected chi connectivity index (χ3v) is 2.37. The number of carbonyl (C=O) groups is 1. The number of hydrogen-bond donors (Lipinski definition) is 1. The number of benzene rings is 1. The van der Waals surface area contributed by atoms with Gasteiger partial charge in [0.15, 0.2) is 11.5 Å². The van der Waals surface area contributed by atoms with Crippen LogP contribution in [0.5, 0.6) is 11.5 Å². The van der Waals surface area contributed by atoms with E-state index in [2.05, 4.69) is 4.98 Å². The normalized spacial score (nSPS) is 9.94. The molecule has 2 aromatic rings. The van der Waals surface area contributed by atoms with Gasteiger partial charge in [0.1, 0.15) is 12.9 Å². The number of nitrogens with one attached hydrogen (secondary N) is 1. The van der Waals surface area contributed by atoms with Gasteiger partial charge < -0.3 is 14.5 Å². The maximum atomic E-state index is 10.6. The van der Waals surface area contributed by atoms with Gasteiger partial charge in [-0.2, -0.15) is 0 Å². The molecular formula is C13H13NO3. The Morgan fingerprint density at radius 2 is 2.18 bits per heavy atom. The Morgan fingerprint density at radius 1 is 1.29 bits per heavy atom. The lowest BCUT2D eigenvalue weighted by atomic mass is 10.2. The summed E-state index contributed by atoms with van der Waals surface area (Å²) < 4.78 is 10.8. The lowest BCUT2D eigenvalue weighted by Crippen LogP contribution is -1.98. The Bertz CT molecular complexity index is 491. The Balaban J connectivity index is 2.12. The minimum atomic E-state index is 0.434. The maximum absolute atomic E-state index is 10.6. The molecule has 0 bridgehead atoms. The van der Waals surface area contributed by atoms with Gasteiger partial charge in [-0.3, -0.25) is 4.79 Å². The summed E-state index contributed by atoms with van der Waals surface area (Å²) in [7, 11) is 1.55. The van der Waals surface area contributed by atoms with Crippen molar-refractivity contribution in [2.75, 3.05) is 7.11 Å². The molecule has 0 saturated heterocycles. The first-order chi connectivity index (χ1) is 8.33. The van der Waals surface area contributed by atoms with Gasteiger partial charge in [0.05, 0.1) is 12.8 Å². The molecule has 0 aliphatic rings. The fraction of sp³-hybridized carbons (Fsp3) is 0.154. The summed E-state index contributed by atoms with van der Waals surface area (Å²) in [6.45, 7) is 0.434. The third kappa shape index (κ3) is 2.66. The molecule has 17 heavy (non-hydrogen) atoms. The van der Waals surface area contributed by atoms with Crippen LogP contribution in [-0.4, -0.2) is 18.4 Å². The summed E-state index contributed by atoms with van der Waals surface area (Å²) in [6.07, 6.45) is 2.61. The number of carbonyl (C=O) groups excluding carboxylic acids is 1. The van der Waals surface area contributed by atoms with E-state index >= 15 is 0 Å². The van der Waals surface area contributed by atoms with Gasteiger partial charge in [-0.15, -0.1) is 0 Å². The van der Waals surface area contributed by atoms with E-state index in [0.29, 0.717) is 23.7 Å². The highest BCUT2D eigenvalue weighted by Gasteiger charge is 2.05. The van der Waals surface area contributed by atoms with E-state index in [0.717, 1.165) is 12.0 Å². The Labute approximate surface area is 99.2 Å². The number of aromatic amines is 1. The van der Waals surface area contributed by atoms with Crippen LogP contribution >= 0.6 is 0 Å². The number of hydrogen-bond acceptors (Lipinski definition) is 3. The number of H-pyrrole nitrogens is 1. The van der Waals surface area contributed by atoms with Crippen LogP contribution in [0.2, 0.25) is 0 Å². The highest BCUT2D eigenvalue weighted by Crippen LogP contribution is 2.28. The monoisotopic (exact) mass is 231 g/mol. The molecule has 1 heterocycles. The number of aromatic nitrogens is 1. The van der Waals surface area contributed by atoms with Crippen LogP contribution in [0.3, 0.4) is 0 Å². The lowest BCUT2D eigenvalue weighted by molar-refractivity contribution is 0.112. The minimum absolute atomic E-state index is 0.434. The second-order valence-electron chi connectivity index (χ2n) is 3.51. The zero-order valence-electron chi connectivity index (χ0n) is 9.47. The molecule has 0 amide bonds. The maximum Gasteiger partial charge on any atom is 0.161 e. The number of rotatable bonds is 5. The molecule has 0 unspecified atom stereocenters. The number of ether oxygens (including phenoxy) is 2. The van der Waals surface area contributed by atoms with Crippen LogP contribution in [0, 0.1) is 0 Å². The number of methoxy groups -OCH3 is 1. The lowest BCUT2D eigenvalue weighted by Gasteiger charge is -2.10. The molecule has 88 valence electrons. The zero-order chi connectivity index (χ0) is 12.1. The van der Waals surface area contributed by atoms with Crippen molar-refractivity contribution in [2.45, 2.75) is 6.61 Å². The van der Waals surface area contributed by atoms with E-state index in [-0.39, 0.29) is 0 Å². The molecule has 4 nitrogen and oxygen atoms in total. The highest BCUT2D eigenvalue weighted by molar-refractivity contribution is 5.76. The van der Waals surface area contributed by atoms with Gasteiger partial charge in [-0.1, -0.05) is 0 Å². The summed E-state index contributed by atoms with van der Waals surface area (Å²) in [5.74, 6) is 1.17. The molecule has 0 aliphatic heterocycles. The van der Waals surface area contributed by atoms with Gasteiger partial charge in [-0.25, -0.2) is 0 Å². The molecule has 0 atom stereocenters. The molecule has 0 radical (unpaired) electrons. The minimum Gasteiger partial charge on any atom is -0.493 e. The number of aldehydes is 1. The van der Waals surface area contributed by atoms with E-state index in [4.69, 9.17) is 9.47 Å². The summed E-state index contributed by atoms with van der Waals surface area (Å²) in [6, 6.07) is 8.92. The van der Waals surface area contributed by atoms with Gasteiger partial charge >= 0.3 is 0 Å². The van der Waals surface area contributed by atoms with E-state index in [1.165, 1.54) is 0 Å². The van der Waals surface area contributed by atoms with E-state index in [1.54, 1.807) is 25.3 Å². The predicted octanol–water partition coefficient (Wildman–Crippen LogP) is 2.41. The second-order valence-corrected chi connectivity index (χ2v) is 3.51. The molecular weight excluding hydrogens is 218 g/mol. The average molecular weight is 231 g/mol. The average Bonchev–Trinajstić information content (AvgIpc) is 2.89. The molecule has 4 heteroatoms. The topological polar surface area (TPSA) is 51.3 Å². The van der Waals surface area contributed by atoms with Gasteiger partial charge in [0.25, 0.3) is 0 Å². The first kappa shape index (κ1) is 11.3. The molecule has 1 aromatic carbocycles. The van der Waals surface area contributed by atoms with Gasteiger partial charge in [0, 0.05) is 11.8 Å². The smallest absolute Gasteiger partial charge is 0.161 e. The Kier molecular flexibility index (Phi) is 3.45. The quantitative estimate of drug-likeness (QED) is 0.804. The van der Waals surface area contributed by atoms with Crippen LogP contribution in [-0.2, 0) is 6.61 Å². The Morgan fingerprint density at radius 3 is 2.82 bits per heavy atom. The largest absolute Gasteiger partial charge is 0.493 e. The molecule has 0 fully saturated rings. The molecule has 0 saturated carbocycles. The molecule has 1 N–H and O–H groups in total. The van der Waals surface area contributed by atoms with Crippen molar-refractivity contribution in [1.29, 1.82) is 0 Å². The van der Waals surface area contributed by atoms with Crippen LogP contribution < -0.4 is 9.47 Å². The summed E-state index contributed by atoms with van der Waals surface area (Å²) in [5, 5.41) is 0. The summed E-state index contributed by atoms with van der Waals surface area (Å²) in [4.78, 5) is 13.7.